The lowest BCUT2D eigenvalue weighted by Gasteiger charge is -2.18. The number of aliphatic hydroxyl groups is 1. The molecule has 112 valence electrons. The summed E-state index contributed by atoms with van der Waals surface area (Å²) in [5.41, 5.74) is -2.06. The van der Waals surface area contributed by atoms with Gasteiger partial charge in [0.05, 0.1) is 6.54 Å². The van der Waals surface area contributed by atoms with Crippen molar-refractivity contribution in [2.45, 2.75) is 38.7 Å². The molecule has 0 saturated heterocycles. The van der Waals surface area contributed by atoms with E-state index in [2.05, 4.69) is 15.6 Å². The van der Waals surface area contributed by atoms with Crippen molar-refractivity contribution in [3.8, 4) is 0 Å². The Morgan fingerprint density at radius 1 is 1.35 bits per heavy atom. The topological polar surface area (TPSA) is 112 Å². The molecule has 1 atom stereocenters. The summed E-state index contributed by atoms with van der Waals surface area (Å²) in [5.74, 6) is -1.40. The van der Waals surface area contributed by atoms with Gasteiger partial charge in [0, 0.05) is 11.1 Å². The zero-order valence-electron chi connectivity index (χ0n) is 11.9. The van der Waals surface area contributed by atoms with Crippen molar-refractivity contribution in [3.63, 3.8) is 0 Å². The highest BCUT2D eigenvalue weighted by molar-refractivity contribution is 7.15. The molecular weight excluding hydrogens is 282 g/mol. The first-order valence-corrected chi connectivity index (χ1v) is 6.81. The van der Waals surface area contributed by atoms with E-state index in [1.807, 2.05) is 20.8 Å². The van der Waals surface area contributed by atoms with Gasteiger partial charge in [-0.1, -0.05) is 20.8 Å². The summed E-state index contributed by atoms with van der Waals surface area (Å²) in [4.78, 5) is 27.3. The summed E-state index contributed by atoms with van der Waals surface area (Å²) in [5, 5.41) is 23.4. The van der Waals surface area contributed by atoms with Gasteiger partial charge in [0.15, 0.2) is 10.7 Å². The maximum Gasteiger partial charge on any atom is 0.337 e. The number of nitrogens with zero attached hydrogens (tertiary/aromatic N) is 1. The van der Waals surface area contributed by atoms with Gasteiger partial charge in [-0.25, -0.2) is 14.6 Å². The Balaban J connectivity index is 2.55. The van der Waals surface area contributed by atoms with E-state index in [-0.39, 0.29) is 5.41 Å². The van der Waals surface area contributed by atoms with Crippen LogP contribution in [0.5, 0.6) is 0 Å². The number of amides is 2. The molecule has 4 N–H and O–H groups in total. The van der Waals surface area contributed by atoms with Crippen molar-refractivity contribution >= 4 is 28.5 Å². The van der Waals surface area contributed by atoms with E-state index in [0.29, 0.717) is 5.13 Å². The predicted octanol–water partition coefficient (Wildman–Crippen LogP) is 1.40. The number of urea groups is 1. The van der Waals surface area contributed by atoms with Gasteiger partial charge < -0.3 is 15.5 Å². The molecule has 1 heterocycles. The molecule has 20 heavy (non-hydrogen) atoms. The van der Waals surface area contributed by atoms with Gasteiger partial charge in [-0.05, 0) is 12.3 Å². The van der Waals surface area contributed by atoms with Crippen LogP contribution in [-0.4, -0.2) is 39.3 Å². The highest BCUT2D eigenvalue weighted by atomic mass is 32.1. The van der Waals surface area contributed by atoms with E-state index in [0.717, 1.165) is 11.8 Å². The molecule has 0 aliphatic carbocycles. The summed E-state index contributed by atoms with van der Waals surface area (Å²) in [7, 11) is 0. The Bertz CT molecular complexity index is 505. The summed E-state index contributed by atoms with van der Waals surface area (Å²) < 4.78 is 0. The molecule has 1 aromatic heterocycles. The van der Waals surface area contributed by atoms with Crippen LogP contribution in [0.4, 0.5) is 9.93 Å². The number of aliphatic carboxylic acids is 1. The van der Waals surface area contributed by atoms with Crippen LogP contribution in [0.3, 0.4) is 0 Å². The minimum absolute atomic E-state index is 0.0545. The third-order valence-electron chi connectivity index (χ3n) is 2.52. The van der Waals surface area contributed by atoms with Gasteiger partial charge in [-0.3, -0.25) is 5.32 Å². The minimum atomic E-state index is -2.00. The molecule has 0 spiro atoms. The molecule has 1 aromatic rings. The van der Waals surface area contributed by atoms with Crippen LogP contribution in [0.1, 0.15) is 32.6 Å². The first-order valence-electron chi connectivity index (χ1n) is 5.99. The normalized spacial score (nSPS) is 14.4. The maximum atomic E-state index is 11.6. The zero-order chi connectivity index (χ0) is 15.6. The molecule has 0 aromatic carbocycles. The van der Waals surface area contributed by atoms with Gasteiger partial charge in [0.1, 0.15) is 0 Å². The third kappa shape index (κ3) is 4.46. The van der Waals surface area contributed by atoms with E-state index < -0.39 is 24.1 Å². The van der Waals surface area contributed by atoms with Gasteiger partial charge in [0.2, 0.25) is 0 Å². The molecule has 2 amide bonds. The number of aromatic nitrogens is 1. The van der Waals surface area contributed by atoms with Gasteiger partial charge >= 0.3 is 12.0 Å². The number of thiazole rings is 1. The molecule has 0 saturated carbocycles. The van der Waals surface area contributed by atoms with Crippen LogP contribution in [0.15, 0.2) is 6.20 Å². The van der Waals surface area contributed by atoms with Crippen LogP contribution >= 0.6 is 11.3 Å². The lowest BCUT2D eigenvalue weighted by molar-refractivity contribution is -0.155. The summed E-state index contributed by atoms with van der Waals surface area (Å²) >= 11 is 1.35. The number of rotatable bonds is 4. The average Bonchev–Trinajstić information content (AvgIpc) is 2.74. The minimum Gasteiger partial charge on any atom is -0.479 e. The van der Waals surface area contributed by atoms with Gasteiger partial charge in [-0.2, -0.15) is 0 Å². The first-order chi connectivity index (χ1) is 9.02. The molecule has 1 rings (SSSR count). The molecule has 8 heteroatoms. The fourth-order valence-electron chi connectivity index (χ4n) is 1.15. The smallest absolute Gasteiger partial charge is 0.337 e. The Morgan fingerprint density at radius 3 is 2.40 bits per heavy atom. The number of carboxylic acid groups (broad SMARTS) is 1. The highest BCUT2D eigenvalue weighted by Gasteiger charge is 2.30. The number of carboxylic acids is 1. The molecule has 0 bridgehead atoms. The van der Waals surface area contributed by atoms with Crippen LogP contribution in [0.25, 0.3) is 0 Å². The fourth-order valence-corrected chi connectivity index (χ4v) is 2.02. The SMILES string of the molecule is CC(O)(CNC(=O)Nc1ncc(C(C)(C)C)s1)C(=O)O. The zero-order valence-corrected chi connectivity index (χ0v) is 12.7. The van der Waals surface area contributed by atoms with E-state index in [1.165, 1.54) is 11.3 Å². The van der Waals surface area contributed by atoms with Crippen molar-refractivity contribution in [1.82, 2.24) is 10.3 Å². The second kappa shape index (κ2) is 5.76. The number of hydrogen-bond acceptors (Lipinski definition) is 5. The van der Waals surface area contributed by atoms with Crippen LogP contribution in [0.2, 0.25) is 0 Å². The number of carbonyl (C=O) groups is 2. The van der Waals surface area contributed by atoms with Crippen molar-refractivity contribution in [2.75, 3.05) is 11.9 Å². The third-order valence-corrected chi connectivity index (χ3v) is 3.86. The first kappa shape index (κ1) is 16.4. The van der Waals surface area contributed by atoms with Gasteiger partial charge in [-0.15, -0.1) is 11.3 Å². The molecule has 1 unspecified atom stereocenters. The average molecular weight is 301 g/mol. The maximum absolute atomic E-state index is 11.6. The summed E-state index contributed by atoms with van der Waals surface area (Å²) in [6, 6.07) is -0.610. The van der Waals surface area contributed by atoms with Crippen LogP contribution < -0.4 is 10.6 Å². The molecule has 0 aliphatic heterocycles. The lowest BCUT2D eigenvalue weighted by Crippen LogP contribution is -2.47. The summed E-state index contributed by atoms with van der Waals surface area (Å²) in [6.07, 6.45) is 1.69. The molecule has 0 fully saturated rings. The van der Waals surface area contributed by atoms with E-state index >= 15 is 0 Å². The van der Waals surface area contributed by atoms with Crippen molar-refractivity contribution < 1.29 is 19.8 Å². The number of nitrogens with one attached hydrogen (secondary N) is 2. The Kier molecular flexibility index (Phi) is 4.72. The number of hydrogen-bond donors (Lipinski definition) is 4. The second-order valence-electron chi connectivity index (χ2n) is 5.67. The standard InChI is InChI=1S/C12H19N3O4S/c1-11(2,3)7-5-13-10(20-7)15-9(18)14-6-12(4,19)8(16)17/h5,19H,6H2,1-4H3,(H,16,17)(H2,13,14,15,18). The molecule has 0 aliphatic rings. The van der Waals surface area contributed by atoms with Gasteiger partial charge in [0.25, 0.3) is 0 Å². The lowest BCUT2D eigenvalue weighted by atomic mass is 9.96. The summed E-state index contributed by atoms with van der Waals surface area (Å²) in [6.45, 7) is 6.82. The second-order valence-corrected chi connectivity index (χ2v) is 6.70. The molecule has 0 radical (unpaired) electrons. The monoisotopic (exact) mass is 301 g/mol. The number of carbonyl (C=O) groups excluding carboxylic acids is 1. The van der Waals surface area contributed by atoms with Crippen molar-refractivity contribution in [3.05, 3.63) is 11.1 Å². The molecular formula is C12H19N3O4S. The van der Waals surface area contributed by atoms with Crippen molar-refractivity contribution in [1.29, 1.82) is 0 Å². The fraction of sp³-hybridized carbons (Fsp3) is 0.583. The van der Waals surface area contributed by atoms with E-state index in [9.17, 15) is 14.7 Å². The Hall–Kier alpha value is -1.67. The van der Waals surface area contributed by atoms with Crippen LogP contribution in [0, 0.1) is 0 Å². The Morgan fingerprint density at radius 2 is 1.95 bits per heavy atom. The van der Waals surface area contributed by atoms with E-state index in [1.54, 1.807) is 6.20 Å². The van der Waals surface area contributed by atoms with Crippen molar-refractivity contribution in [2.24, 2.45) is 0 Å². The Labute approximate surface area is 121 Å². The quantitative estimate of drug-likeness (QED) is 0.671. The largest absolute Gasteiger partial charge is 0.479 e. The highest BCUT2D eigenvalue weighted by Crippen LogP contribution is 2.29. The van der Waals surface area contributed by atoms with Crippen LogP contribution in [-0.2, 0) is 10.2 Å². The molecule has 7 nitrogen and oxygen atoms in total. The number of anilines is 1. The predicted molar refractivity (Wildman–Crippen MR) is 76.1 cm³/mol. The van der Waals surface area contributed by atoms with E-state index in [4.69, 9.17) is 5.11 Å².